The van der Waals surface area contributed by atoms with Crippen LogP contribution in [0.15, 0.2) is 41.5 Å². The first kappa shape index (κ1) is 17.6. The lowest BCUT2D eigenvalue weighted by atomic mass is 9.90. The maximum atomic E-state index is 12.6. The zero-order valence-corrected chi connectivity index (χ0v) is 15.6. The molecule has 4 nitrogen and oxygen atoms in total. The Balaban J connectivity index is 1.54. The summed E-state index contributed by atoms with van der Waals surface area (Å²) in [6.07, 6.45) is 11.8. The molecule has 0 radical (unpaired) electrons. The standard InChI is InChI=1S/C23H24N2O2/c1-3-14-27-20-12-11-16-8-4-5-9-17(16)18(20)15-24-25-22(26)21-19-10-6-7-13-23(19,21)2/h1,4-5,8-9,11-12,15,19,21H,6-7,10,13-14H2,2H3,(H,25,26)/b24-15-/t19-,21+,23-/m0/s1. The zero-order valence-electron chi connectivity index (χ0n) is 15.6. The minimum absolute atomic E-state index is 0.0342. The normalized spacial score (nSPS) is 26.4. The first-order chi connectivity index (χ1) is 13.1. The molecule has 2 aliphatic carbocycles. The van der Waals surface area contributed by atoms with Crippen molar-refractivity contribution in [2.45, 2.75) is 32.6 Å². The summed E-state index contributed by atoms with van der Waals surface area (Å²) in [5, 5.41) is 6.35. The Hall–Kier alpha value is -2.80. The maximum absolute atomic E-state index is 12.6. The van der Waals surface area contributed by atoms with Crippen LogP contribution in [0.25, 0.3) is 10.8 Å². The second-order valence-electron chi connectivity index (χ2n) is 7.76. The van der Waals surface area contributed by atoms with Gasteiger partial charge in [-0.1, -0.05) is 56.0 Å². The van der Waals surface area contributed by atoms with Crippen LogP contribution in [0.3, 0.4) is 0 Å². The quantitative estimate of drug-likeness (QED) is 0.495. The molecule has 138 valence electrons. The Bertz CT molecular complexity index is 943. The van der Waals surface area contributed by atoms with Crippen LogP contribution in [-0.4, -0.2) is 18.7 Å². The Labute approximate surface area is 160 Å². The second kappa shape index (κ2) is 7.08. The third kappa shape index (κ3) is 3.19. The fourth-order valence-electron chi connectivity index (χ4n) is 4.73. The van der Waals surface area contributed by atoms with Crippen molar-refractivity contribution in [2.24, 2.45) is 22.4 Å². The highest BCUT2D eigenvalue weighted by Gasteiger charge is 2.64. The lowest BCUT2D eigenvalue weighted by Gasteiger charge is -2.15. The largest absolute Gasteiger partial charge is 0.480 e. The van der Waals surface area contributed by atoms with Crippen LogP contribution < -0.4 is 10.2 Å². The Kier molecular flexibility index (Phi) is 4.61. The maximum Gasteiger partial charge on any atom is 0.244 e. The van der Waals surface area contributed by atoms with Crippen molar-refractivity contribution in [3.63, 3.8) is 0 Å². The molecule has 2 aliphatic rings. The number of nitrogens with zero attached hydrogens (tertiary/aromatic N) is 1. The first-order valence-corrected chi connectivity index (χ1v) is 9.56. The van der Waals surface area contributed by atoms with Crippen LogP contribution in [0.4, 0.5) is 0 Å². The predicted molar refractivity (Wildman–Crippen MR) is 108 cm³/mol. The van der Waals surface area contributed by atoms with Crippen molar-refractivity contribution in [1.29, 1.82) is 0 Å². The van der Waals surface area contributed by atoms with Gasteiger partial charge >= 0.3 is 0 Å². The van der Waals surface area contributed by atoms with Gasteiger partial charge in [-0.25, -0.2) is 5.43 Å². The molecule has 0 spiro atoms. The van der Waals surface area contributed by atoms with E-state index < -0.39 is 0 Å². The summed E-state index contributed by atoms with van der Waals surface area (Å²) in [4.78, 5) is 12.6. The number of carbonyl (C=O) groups is 1. The summed E-state index contributed by atoms with van der Waals surface area (Å²) in [5.41, 5.74) is 3.76. The number of amides is 1. The summed E-state index contributed by atoms with van der Waals surface area (Å²) >= 11 is 0. The molecule has 3 atom stereocenters. The van der Waals surface area contributed by atoms with E-state index in [-0.39, 0.29) is 23.8 Å². The Morgan fingerprint density at radius 3 is 3.00 bits per heavy atom. The van der Waals surface area contributed by atoms with Gasteiger partial charge in [-0.3, -0.25) is 4.79 Å². The van der Waals surface area contributed by atoms with Crippen molar-refractivity contribution >= 4 is 22.9 Å². The first-order valence-electron chi connectivity index (χ1n) is 9.56. The molecule has 0 heterocycles. The highest BCUT2D eigenvalue weighted by atomic mass is 16.5. The summed E-state index contributed by atoms with van der Waals surface area (Å²) in [6.45, 7) is 2.43. The molecule has 2 aromatic carbocycles. The minimum atomic E-state index is 0.0342. The van der Waals surface area contributed by atoms with Crippen LogP contribution in [-0.2, 0) is 4.79 Å². The third-order valence-electron chi connectivity index (χ3n) is 6.22. The summed E-state index contributed by atoms with van der Waals surface area (Å²) < 4.78 is 5.66. The zero-order chi connectivity index (χ0) is 18.9. The third-order valence-corrected chi connectivity index (χ3v) is 6.22. The van der Waals surface area contributed by atoms with Crippen LogP contribution in [0, 0.1) is 29.6 Å². The van der Waals surface area contributed by atoms with Crippen molar-refractivity contribution in [3.05, 3.63) is 42.0 Å². The fraction of sp³-hybridized carbons (Fsp3) is 0.391. The van der Waals surface area contributed by atoms with E-state index in [1.807, 2.05) is 36.4 Å². The van der Waals surface area contributed by atoms with E-state index in [2.05, 4.69) is 23.4 Å². The summed E-state index contributed by atoms with van der Waals surface area (Å²) in [5.74, 6) is 3.80. The molecule has 2 aromatic rings. The van der Waals surface area contributed by atoms with Crippen LogP contribution in [0.2, 0.25) is 0 Å². The molecule has 4 rings (SSSR count). The molecule has 27 heavy (non-hydrogen) atoms. The monoisotopic (exact) mass is 360 g/mol. The number of rotatable bonds is 5. The van der Waals surface area contributed by atoms with Gasteiger partial charge in [0.05, 0.1) is 6.21 Å². The number of hydrogen-bond acceptors (Lipinski definition) is 3. The van der Waals surface area contributed by atoms with Gasteiger partial charge in [-0.05, 0) is 41.0 Å². The summed E-state index contributed by atoms with van der Waals surface area (Å²) in [7, 11) is 0. The number of fused-ring (bicyclic) bond motifs is 2. The van der Waals surface area contributed by atoms with Crippen molar-refractivity contribution < 1.29 is 9.53 Å². The molecular formula is C23H24N2O2. The molecule has 2 fully saturated rings. The van der Waals surface area contributed by atoms with Crippen molar-refractivity contribution in [3.8, 4) is 18.1 Å². The lowest BCUT2D eigenvalue weighted by molar-refractivity contribution is -0.123. The van der Waals surface area contributed by atoms with Crippen molar-refractivity contribution in [1.82, 2.24) is 5.43 Å². The van der Waals surface area contributed by atoms with Gasteiger partial charge in [0.25, 0.3) is 0 Å². The number of hydrogen-bond donors (Lipinski definition) is 1. The molecule has 1 amide bonds. The Morgan fingerprint density at radius 2 is 2.22 bits per heavy atom. The molecule has 2 saturated carbocycles. The molecule has 4 heteroatoms. The van der Waals surface area contributed by atoms with Gasteiger partial charge in [-0.2, -0.15) is 5.10 Å². The SMILES string of the molecule is C#CCOc1ccc2ccccc2c1/C=N\NC(=O)[C@H]1[C@@H]2CCCC[C@@]21C. The average Bonchev–Trinajstić information content (AvgIpc) is 3.32. The van der Waals surface area contributed by atoms with E-state index in [0.29, 0.717) is 11.7 Å². The van der Waals surface area contributed by atoms with Crippen LogP contribution in [0.5, 0.6) is 5.75 Å². The molecular weight excluding hydrogens is 336 g/mol. The van der Waals surface area contributed by atoms with Crippen LogP contribution >= 0.6 is 0 Å². The van der Waals surface area contributed by atoms with Gasteiger partial charge in [0, 0.05) is 11.5 Å². The van der Waals surface area contributed by atoms with Gasteiger partial charge in [0.1, 0.15) is 12.4 Å². The molecule has 0 saturated heterocycles. The number of terminal acetylenes is 1. The van der Waals surface area contributed by atoms with E-state index in [1.165, 1.54) is 12.8 Å². The smallest absolute Gasteiger partial charge is 0.244 e. The number of hydrazone groups is 1. The molecule has 0 unspecified atom stereocenters. The highest BCUT2D eigenvalue weighted by molar-refractivity contribution is 6.02. The number of ether oxygens (including phenoxy) is 1. The average molecular weight is 360 g/mol. The van der Waals surface area contributed by atoms with E-state index in [9.17, 15) is 4.79 Å². The number of nitrogens with one attached hydrogen (secondary N) is 1. The van der Waals surface area contributed by atoms with Gasteiger partial charge in [0.15, 0.2) is 0 Å². The van der Waals surface area contributed by atoms with E-state index in [4.69, 9.17) is 11.2 Å². The van der Waals surface area contributed by atoms with Crippen LogP contribution in [0.1, 0.15) is 38.2 Å². The van der Waals surface area contributed by atoms with Gasteiger partial charge < -0.3 is 4.74 Å². The molecule has 0 bridgehead atoms. The lowest BCUT2D eigenvalue weighted by Crippen LogP contribution is -2.22. The fourth-order valence-corrected chi connectivity index (χ4v) is 4.73. The molecule has 0 aromatic heterocycles. The molecule has 1 N–H and O–H groups in total. The van der Waals surface area contributed by atoms with E-state index >= 15 is 0 Å². The minimum Gasteiger partial charge on any atom is -0.480 e. The highest BCUT2D eigenvalue weighted by Crippen LogP contribution is 2.66. The number of benzene rings is 2. The van der Waals surface area contributed by atoms with E-state index in [1.54, 1.807) is 6.21 Å². The van der Waals surface area contributed by atoms with Gasteiger partial charge in [-0.15, -0.1) is 6.42 Å². The number of carbonyl (C=O) groups excluding carboxylic acids is 1. The topological polar surface area (TPSA) is 50.7 Å². The summed E-state index contributed by atoms with van der Waals surface area (Å²) in [6, 6.07) is 11.9. The predicted octanol–water partition coefficient (Wildman–Crippen LogP) is 4.13. The second-order valence-corrected chi connectivity index (χ2v) is 7.76. The van der Waals surface area contributed by atoms with Gasteiger partial charge in [0.2, 0.25) is 5.91 Å². The van der Waals surface area contributed by atoms with Crippen molar-refractivity contribution in [2.75, 3.05) is 6.61 Å². The molecule has 0 aliphatic heterocycles. The van der Waals surface area contributed by atoms with E-state index in [0.717, 1.165) is 29.2 Å². The Morgan fingerprint density at radius 1 is 1.37 bits per heavy atom.